The SMILES string of the molecule is CC1(c2ccncc2)OB(O)C(c2ccc(C(F)(F)F)cc2)=C1C#Cc1ccccc1. The van der Waals surface area contributed by atoms with Crippen molar-refractivity contribution in [3.63, 3.8) is 0 Å². The Morgan fingerprint density at radius 3 is 2.19 bits per heavy atom. The van der Waals surface area contributed by atoms with Crippen LogP contribution < -0.4 is 0 Å². The molecular weight excluding hydrogens is 402 g/mol. The molecule has 0 aliphatic carbocycles. The molecule has 2 heterocycles. The average molecular weight is 419 g/mol. The molecule has 0 fully saturated rings. The maximum Gasteiger partial charge on any atom is 0.493 e. The summed E-state index contributed by atoms with van der Waals surface area (Å²) in [5.74, 6) is 6.19. The van der Waals surface area contributed by atoms with Crippen LogP contribution in [0.2, 0.25) is 0 Å². The molecule has 1 unspecified atom stereocenters. The maximum absolute atomic E-state index is 13.0. The Balaban J connectivity index is 1.88. The number of hydrogen-bond acceptors (Lipinski definition) is 3. The third-order valence-electron chi connectivity index (χ3n) is 5.20. The van der Waals surface area contributed by atoms with E-state index in [0.29, 0.717) is 16.6 Å². The van der Waals surface area contributed by atoms with E-state index in [1.165, 1.54) is 12.1 Å². The fraction of sp³-hybridized carbons (Fsp3) is 0.125. The first kappa shape index (κ1) is 20.9. The first-order valence-electron chi connectivity index (χ1n) is 9.55. The van der Waals surface area contributed by atoms with E-state index < -0.39 is 24.5 Å². The Morgan fingerprint density at radius 2 is 1.58 bits per heavy atom. The van der Waals surface area contributed by atoms with Gasteiger partial charge in [0.2, 0.25) is 0 Å². The predicted molar refractivity (Wildman–Crippen MR) is 112 cm³/mol. The van der Waals surface area contributed by atoms with Gasteiger partial charge in [-0.05, 0) is 54.4 Å². The van der Waals surface area contributed by atoms with Crippen LogP contribution in [-0.2, 0) is 16.4 Å². The Bertz CT molecular complexity index is 1170. The van der Waals surface area contributed by atoms with Crippen molar-refractivity contribution < 1.29 is 22.8 Å². The van der Waals surface area contributed by atoms with Crippen LogP contribution in [0.5, 0.6) is 0 Å². The van der Waals surface area contributed by atoms with Crippen molar-refractivity contribution >= 4 is 12.6 Å². The van der Waals surface area contributed by atoms with Gasteiger partial charge in [-0.2, -0.15) is 13.2 Å². The van der Waals surface area contributed by atoms with Gasteiger partial charge in [0.25, 0.3) is 0 Å². The van der Waals surface area contributed by atoms with E-state index in [9.17, 15) is 18.2 Å². The van der Waals surface area contributed by atoms with Gasteiger partial charge in [-0.3, -0.25) is 4.98 Å². The van der Waals surface area contributed by atoms with Crippen LogP contribution >= 0.6 is 0 Å². The van der Waals surface area contributed by atoms with E-state index in [4.69, 9.17) is 4.65 Å². The van der Waals surface area contributed by atoms with Crippen LogP contribution in [0.3, 0.4) is 0 Å². The topological polar surface area (TPSA) is 42.4 Å². The summed E-state index contributed by atoms with van der Waals surface area (Å²) in [7, 11) is -1.35. The molecule has 1 N–H and O–H groups in total. The van der Waals surface area contributed by atoms with Crippen LogP contribution in [0.1, 0.15) is 29.2 Å². The van der Waals surface area contributed by atoms with Gasteiger partial charge >= 0.3 is 13.3 Å². The Morgan fingerprint density at radius 1 is 0.935 bits per heavy atom. The number of nitrogens with zero attached hydrogens (tertiary/aromatic N) is 1. The fourth-order valence-corrected chi connectivity index (χ4v) is 3.57. The van der Waals surface area contributed by atoms with Crippen molar-refractivity contribution in [3.05, 3.63) is 107 Å². The van der Waals surface area contributed by atoms with Crippen molar-refractivity contribution in [2.24, 2.45) is 0 Å². The molecule has 0 saturated heterocycles. The number of alkyl halides is 3. The highest BCUT2D eigenvalue weighted by molar-refractivity contribution is 6.69. The molecule has 4 rings (SSSR count). The highest BCUT2D eigenvalue weighted by Crippen LogP contribution is 2.45. The summed E-state index contributed by atoms with van der Waals surface area (Å²) < 4.78 is 44.9. The molecule has 1 atom stereocenters. The lowest BCUT2D eigenvalue weighted by molar-refractivity contribution is -0.137. The second-order valence-corrected chi connectivity index (χ2v) is 7.22. The summed E-state index contributed by atoms with van der Waals surface area (Å²) in [5.41, 5.74) is 0.865. The van der Waals surface area contributed by atoms with Crippen molar-refractivity contribution in [2.75, 3.05) is 0 Å². The number of rotatable bonds is 2. The van der Waals surface area contributed by atoms with Crippen LogP contribution in [0.25, 0.3) is 5.47 Å². The van der Waals surface area contributed by atoms with Crippen molar-refractivity contribution in [2.45, 2.75) is 18.7 Å². The molecule has 1 aliphatic heterocycles. The number of pyridine rings is 1. The molecule has 1 aromatic heterocycles. The summed E-state index contributed by atoms with van der Waals surface area (Å²) >= 11 is 0. The van der Waals surface area contributed by atoms with Crippen LogP contribution in [-0.4, -0.2) is 17.1 Å². The molecule has 0 amide bonds. The lowest BCUT2D eigenvalue weighted by Gasteiger charge is -2.26. The van der Waals surface area contributed by atoms with Gasteiger partial charge in [-0.15, -0.1) is 0 Å². The molecule has 0 radical (unpaired) electrons. The molecule has 154 valence electrons. The molecule has 3 aromatic rings. The maximum atomic E-state index is 13.0. The zero-order chi connectivity index (χ0) is 22.1. The molecule has 7 heteroatoms. The van der Waals surface area contributed by atoms with Gasteiger partial charge in [-0.25, -0.2) is 0 Å². The second-order valence-electron chi connectivity index (χ2n) is 7.22. The molecule has 1 aliphatic rings. The minimum atomic E-state index is -4.45. The van der Waals surface area contributed by atoms with Crippen molar-refractivity contribution in [1.82, 2.24) is 4.98 Å². The number of halogens is 3. The second kappa shape index (κ2) is 8.07. The molecule has 0 spiro atoms. The molecule has 0 saturated carbocycles. The standard InChI is InChI=1S/C24H17BF3NO2/c1-23(19-13-15-29-16-14-19)21(12-7-17-5-3-2-4-6-17)22(25(30)31-23)18-8-10-20(11-9-18)24(26,27)28/h2-6,8-11,13-16,30H,1H3. The van der Waals surface area contributed by atoms with E-state index in [-0.39, 0.29) is 0 Å². The summed E-state index contributed by atoms with van der Waals surface area (Å²) in [4.78, 5) is 4.02. The molecular formula is C24H17BF3NO2. The average Bonchev–Trinajstić information content (AvgIpc) is 3.03. The zero-order valence-electron chi connectivity index (χ0n) is 16.5. The van der Waals surface area contributed by atoms with Gasteiger partial charge in [0.05, 0.1) is 5.56 Å². The highest BCUT2D eigenvalue weighted by Gasteiger charge is 2.47. The largest absolute Gasteiger partial charge is 0.493 e. The molecule has 3 nitrogen and oxygen atoms in total. The monoisotopic (exact) mass is 419 g/mol. The first-order valence-corrected chi connectivity index (χ1v) is 9.55. The van der Waals surface area contributed by atoms with Crippen LogP contribution in [0.4, 0.5) is 13.2 Å². The van der Waals surface area contributed by atoms with E-state index in [0.717, 1.165) is 23.3 Å². The normalized spacial score (nSPS) is 18.7. The Kier molecular flexibility index (Phi) is 5.44. The third-order valence-corrected chi connectivity index (χ3v) is 5.20. The number of aromatic nitrogens is 1. The lowest BCUT2D eigenvalue weighted by Crippen LogP contribution is -2.28. The number of benzene rings is 2. The first-order chi connectivity index (χ1) is 14.8. The van der Waals surface area contributed by atoms with Gasteiger partial charge < -0.3 is 9.68 Å². The Hall–Kier alpha value is -3.34. The van der Waals surface area contributed by atoms with Gasteiger partial charge in [0.1, 0.15) is 5.60 Å². The van der Waals surface area contributed by atoms with E-state index in [1.807, 2.05) is 30.3 Å². The van der Waals surface area contributed by atoms with Crippen LogP contribution in [0.15, 0.2) is 84.7 Å². The predicted octanol–water partition coefficient (Wildman–Crippen LogP) is 4.87. The van der Waals surface area contributed by atoms with Crippen molar-refractivity contribution in [3.8, 4) is 11.8 Å². The van der Waals surface area contributed by atoms with E-state index in [2.05, 4.69) is 16.8 Å². The van der Waals surface area contributed by atoms with Gasteiger partial charge in [-0.1, -0.05) is 42.2 Å². The zero-order valence-corrected chi connectivity index (χ0v) is 16.5. The third kappa shape index (κ3) is 4.13. The molecule has 0 bridgehead atoms. The van der Waals surface area contributed by atoms with E-state index >= 15 is 0 Å². The number of hydrogen-bond donors (Lipinski definition) is 1. The summed E-state index contributed by atoms with van der Waals surface area (Å²) in [6.45, 7) is 1.78. The van der Waals surface area contributed by atoms with Gasteiger partial charge in [0, 0.05) is 29.0 Å². The molecule has 31 heavy (non-hydrogen) atoms. The minimum absolute atomic E-state index is 0.344. The minimum Gasteiger partial charge on any atom is -0.423 e. The quantitative estimate of drug-likeness (QED) is 0.476. The molecule has 2 aromatic carbocycles. The smallest absolute Gasteiger partial charge is 0.423 e. The van der Waals surface area contributed by atoms with Crippen molar-refractivity contribution in [1.29, 1.82) is 0 Å². The summed E-state index contributed by atoms with van der Waals surface area (Å²) in [5, 5.41) is 10.8. The van der Waals surface area contributed by atoms with E-state index in [1.54, 1.807) is 31.5 Å². The van der Waals surface area contributed by atoms with Crippen LogP contribution in [0, 0.1) is 11.8 Å². The Labute approximate surface area is 178 Å². The fourth-order valence-electron chi connectivity index (χ4n) is 3.57. The van der Waals surface area contributed by atoms with Gasteiger partial charge in [0.15, 0.2) is 0 Å². The summed E-state index contributed by atoms with van der Waals surface area (Å²) in [6, 6.07) is 17.4. The lowest BCUT2D eigenvalue weighted by atomic mass is 9.73. The summed E-state index contributed by atoms with van der Waals surface area (Å²) in [6.07, 6.45) is -1.23. The highest BCUT2D eigenvalue weighted by atomic mass is 19.4.